The van der Waals surface area contributed by atoms with Crippen molar-refractivity contribution in [3.8, 4) is 0 Å². The van der Waals surface area contributed by atoms with Gasteiger partial charge in [-0.2, -0.15) is 4.98 Å². The minimum absolute atomic E-state index is 0.717. The first-order valence-corrected chi connectivity index (χ1v) is 6.76. The summed E-state index contributed by atoms with van der Waals surface area (Å²) in [6.07, 6.45) is 6.04. The maximum Gasteiger partial charge on any atom is 0.227 e. The SMILES string of the molecule is CCCCC(CC)CNCCc1nc(C)no1. The van der Waals surface area contributed by atoms with Gasteiger partial charge in [-0.25, -0.2) is 0 Å². The van der Waals surface area contributed by atoms with Gasteiger partial charge in [0.05, 0.1) is 0 Å². The van der Waals surface area contributed by atoms with Crippen LogP contribution < -0.4 is 5.32 Å². The van der Waals surface area contributed by atoms with E-state index in [9.17, 15) is 0 Å². The van der Waals surface area contributed by atoms with Gasteiger partial charge in [-0.05, 0) is 25.8 Å². The van der Waals surface area contributed by atoms with Crippen LogP contribution in [0.3, 0.4) is 0 Å². The third-order valence-corrected chi connectivity index (χ3v) is 3.06. The molecule has 0 bridgehead atoms. The molecule has 4 nitrogen and oxygen atoms in total. The van der Waals surface area contributed by atoms with Gasteiger partial charge in [-0.3, -0.25) is 0 Å². The summed E-state index contributed by atoms with van der Waals surface area (Å²) in [6.45, 7) is 8.38. The van der Waals surface area contributed by atoms with Crippen molar-refractivity contribution >= 4 is 0 Å². The second-order valence-corrected chi connectivity index (χ2v) is 4.61. The van der Waals surface area contributed by atoms with Crippen LogP contribution in [0.5, 0.6) is 0 Å². The predicted molar refractivity (Wildman–Crippen MR) is 68.9 cm³/mol. The lowest BCUT2D eigenvalue weighted by molar-refractivity contribution is 0.366. The van der Waals surface area contributed by atoms with Crippen LogP contribution in [0.4, 0.5) is 0 Å². The van der Waals surface area contributed by atoms with Gasteiger partial charge in [0.15, 0.2) is 5.82 Å². The highest BCUT2D eigenvalue weighted by molar-refractivity contribution is 4.83. The van der Waals surface area contributed by atoms with Gasteiger partial charge in [0, 0.05) is 13.0 Å². The van der Waals surface area contributed by atoms with Gasteiger partial charge in [0.1, 0.15) is 0 Å². The second kappa shape index (κ2) is 8.23. The Kier molecular flexibility index (Phi) is 6.86. The molecular weight excluding hydrogens is 214 g/mol. The van der Waals surface area contributed by atoms with E-state index in [1.165, 1.54) is 25.7 Å². The molecule has 1 aromatic heterocycles. The first-order chi connectivity index (χ1) is 8.26. The minimum atomic E-state index is 0.717. The summed E-state index contributed by atoms with van der Waals surface area (Å²) in [4.78, 5) is 4.18. The molecule has 1 unspecified atom stereocenters. The molecule has 0 aliphatic carbocycles. The van der Waals surface area contributed by atoms with E-state index >= 15 is 0 Å². The van der Waals surface area contributed by atoms with Crippen LogP contribution in [0.25, 0.3) is 0 Å². The highest BCUT2D eigenvalue weighted by atomic mass is 16.5. The van der Waals surface area contributed by atoms with Crippen LogP contribution in [0.2, 0.25) is 0 Å². The van der Waals surface area contributed by atoms with Gasteiger partial charge < -0.3 is 9.84 Å². The zero-order chi connectivity index (χ0) is 12.5. The molecule has 0 aliphatic rings. The number of nitrogens with one attached hydrogen (secondary N) is 1. The number of nitrogens with zero attached hydrogens (tertiary/aromatic N) is 2. The number of hydrogen-bond acceptors (Lipinski definition) is 4. The molecule has 1 heterocycles. The second-order valence-electron chi connectivity index (χ2n) is 4.61. The Morgan fingerprint density at radius 2 is 2.18 bits per heavy atom. The summed E-state index contributed by atoms with van der Waals surface area (Å²) >= 11 is 0. The first kappa shape index (κ1) is 14.2. The van der Waals surface area contributed by atoms with Crippen molar-refractivity contribution in [1.82, 2.24) is 15.5 Å². The van der Waals surface area contributed by atoms with Gasteiger partial charge in [-0.15, -0.1) is 0 Å². The van der Waals surface area contributed by atoms with E-state index in [0.717, 1.165) is 37.1 Å². The van der Waals surface area contributed by atoms with Crippen molar-refractivity contribution in [1.29, 1.82) is 0 Å². The lowest BCUT2D eigenvalue weighted by atomic mass is 9.99. The fraction of sp³-hybridized carbons (Fsp3) is 0.846. The molecule has 0 aliphatic heterocycles. The smallest absolute Gasteiger partial charge is 0.227 e. The number of rotatable bonds is 9. The topological polar surface area (TPSA) is 51.0 Å². The Labute approximate surface area is 104 Å². The van der Waals surface area contributed by atoms with E-state index in [1.807, 2.05) is 6.92 Å². The highest BCUT2D eigenvalue weighted by Crippen LogP contribution is 2.11. The molecule has 98 valence electrons. The zero-order valence-electron chi connectivity index (χ0n) is 11.3. The quantitative estimate of drug-likeness (QED) is 0.673. The Balaban J connectivity index is 2.09. The lowest BCUT2D eigenvalue weighted by Gasteiger charge is -2.14. The lowest BCUT2D eigenvalue weighted by Crippen LogP contribution is -2.24. The molecule has 1 atom stereocenters. The number of hydrogen-bond donors (Lipinski definition) is 1. The standard InChI is InChI=1S/C13H25N3O/c1-4-6-7-12(5-2)10-14-9-8-13-15-11(3)16-17-13/h12,14H,4-10H2,1-3H3. The van der Waals surface area contributed by atoms with Crippen LogP contribution in [-0.2, 0) is 6.42 Å². The van der Waals surface area contributed by atoms with Gasteiger partial charge >= 0.3 is 0 Å². The van der Waals surface area contributed by atoms with E-state index in [4.69, 9.17) is 4.52 Å². The van der Waals surface area contributed by atoms with Crippen LogP contribution in [0, 0.1) is 12.8 Å². The average molecular weight is 239 g/mol. The summed E-state index contributed by atoms with van der Waals surface area (Å²) < 4.78 is 5.06. The molecule has 0 saturated heterocycles. The summed E-state index contributed by atoms with van der Waals surface area (Å²) in [5.41, 5.74) is 0. The number of unbranched alkanes of at least 4 members (excludes halogenated alkanes) is 1. The summed E-state index contributed by atoms with van der Waals surface area (Å²) in [7, 11) is 0. The highest BCUT2D eigenvalue weighted by Gasteiger charge is 2.06. The molecule has 0 amide bonds. The largest absolute Gasteiger partial charge is 0.339 e. The van der Waals surface area contributed by atoms with Crippen molar-refractivity contribution in [3.05, 3.63) is 11.7 Å². The first-order valence-electron chi connectivity index (χ1n) is 6.76. The molecule has 0 spiro atoms. The Morgan fingerprint density at radius 3 is 2.76 bits per heavy atom. The summed E-state index contributed by atoms with van der Waals surface area (Å²) in [6, 6.07) is 0. The van der Waals surface area contributed by atoms with E-state index in [2.05, 4.69) is 29.3 Å². The number of aryl methyl sites for hydroxylation is 1. The van der Waals surface area contributed by atoms with E-state index < -0.39 is 0 Å². The van der Waals surface area contributed by atoms with Crippen LogP contribution in [-0.4, -0.2) is 23.2 Å². The minimum Gasteiger partial charge on any atom is -0.339 e. The van der Waals surface area contributed by atoms with E-state index in [0.29, 0.717) is 0 Å². The fourth-order valence-electron chi connectivity index (χ4n) is 1.89. The van der Waals surface area contributed by atoms with Crippen molar-refractivity contribution in [2.24, 2.45) is 5.92 Å². The molecule has 17 heavy (non-hydrogen) atoms. The monoisotopic (exact) mass is 239 g/mol. The fourth-order valence-corrected chi connectivity index (χ4v) is 1.89. The van der Waals surface area contributed by atoms with Gasteiger partial charge in [0.2, 0.25) is 5.89 Å². The van der Waals surface area contributed by atoms with Crippen molar-refractivity contribution in [2.45, 2.75) is 52.9 Å². The molecule has 4 heteroatoms. The predicted octanol–water partition coefficient (Wildman–Crippen LogP) is 2.73. The van der Waals surface area contributed by atoms with Crippen LogP contribution >= 0.6 is 0 Å². The molecule has 0 radical (unpaired) electrons. The summed E-state index contributed by atoms with van der Waals surface area (Å²) in [5, 5.41) is 7.25. The van der Waals surface area contributed by atoms with Crippen molar-refractivity contribution in [2.75, 3.05) is 13.1 Å². The molecule has 1 rings (SSSR count). The Morgan fingerprint density at radius 1 is 1.35 bits per heavy atom. The van der Waals surface area contributed by atoms with Gasteiger partial charge in [-0.1, -0.05) is 38.3 Å². The van der Waals surface area contributed by atoms with Crippen molar-refractivity contribution in [3.63, 3.8) is 0 Å². The molecule has 0 aromatic carbocycles. The third-order valence-electron chi connectivity index (χ3n) is 3.06. The average Bonchev–Trinajstić information content (AvgIpc) is 2.74. The zero-order valence-corrected chi connectivity index (χ0v) is 11.3. The molecule has 0 saturated carbocycles. The van der Waals surface area contributed by atoms with Gasteiger partial charge in [0.25, 0.3) is 0 Å². The van der Waals surface area contributed by atoms with E-state index in [1.54, 1.807) is 0 Å². The third kappa shape index (κ3) is 5.82. The number of aromatic nitrogens is 2. The maximum absolute atomic E-state index is 5.06. The molecule has 1 N–H and O–H groups in total. The van der Waals surface area contributed by atoms with Crippen molar-refractivity contribution < 1.29 is 4.52 Å². The Bertz CT molecular complexity index is 299. The molecule has 0 fully saturated rings. The van der Waals surface area contributed by atoms with Crippen LogP contribution in [0.1, 0.15) is 51.2 Å². The Hall–Kier alpha value is -0.900. The van der Waals surface area contributed by atoms with E-state index in [-0.39, 0.29) is 0 Å². The molecular formula is C13H25N3O. The van der Waals surface area contributed by atoms with Crippen LogP contribution in [0.15, 0.2) is 4.52 Å². The molecule has 1 aromatic rings. The summed E-state index contributed by atoms with van der Waals surface area (Å²) in [5.74, 6) is 2.25. The normalized spacial score (nSPS) is 12.9. The maximum atomic E-state index is 5.06.